The smallest absolute Gasteiger partial charge is 0.179 e. The van der Waals surface area contributed by atoms with Crippen molar-refractivity contribution in [3.8, 4) is 11.5 Å². The highest BCUT2D eigenvalue weighted by Crippen LogP contribution is 2.41. The average Bonchev–Trinajstić information content (AvgIpc) is 2.19. The maximum atomic E-state index is 6.23. The highest BCUT2D eigenvalue weighted by molar-refractivity contribution is 6.33. The fourth-order valence-electron chi connectivity index (χ4n) is 1.71. The minimum Gasteiger partial charge on any atom is -0.493 e. The minimum atomic E-state index is -0.465. The monoisotopic (exact) mass is 243 g/mol. The van der Waals surface area contributed by atoms with Crippen LogP contribution in [0.4, 0.5) is 0 Å². The first-order valence-corrected chi connectivity index (χ1v) is 5.41. The summed E-state index contributed by atoms with van der Waals surface area (Å²) in [6.45, 7) is 5.78. The molecule has 0 aliphatic carbocycles. The van der Waals surface area contributed by atoms with Crippen molar-refractivity contribution in [2.24, 2.45) is 5.73 Å². The predicted octanol–water partition coefficient (Wildman–Crippen LogP) is 2.86. The van der Waals surface area contributed by atoms with Crippen molar-refractivity contribution in [2.45, 2.75) is 26.3 Å². The van der Waals surface area contributed by atoms with Crippen LogP contribution in [0.25, 0.3) is 0 Å². The van der Waals surface area contributed by atoms with E-state index in [9.17, 15) is 0 Å². The lowest BCUT2D eigenvalue weighted by Crippen LogP contribution is -2.29. The maximum absolute atomic E-state index is 6.23. The number of halogens is 1. The van der Waals surface area contributed by atoms with Crippen molar-refractivity contribution in [1.82, 2.24) is 0 Å². The molecule has 0 radical (unpaired) electrons. The zero-order valence-corrected chi connectivity index (χ0v) is 11.1. The van der Waals surface area contributed by atoms with Crippen LogP contribution in [0.5, 0.6) is 11.5 Å². The molecular formula is C12H18ClNO2. The molecule has 0 fully saturated rings. The molecule has 1 rings (SSSR count). The average molecular weight is 244 g/mol. The molecular weight excluding hydrogens is 226 g/mol. The fraction of sp³-hybridized carbons (Fsp3) is 0.500. The number of methoxy groups -OCH3 is 2. The molecule has 0 spiro atoms. The Morgan fingerprint density at radius 3 is 2.19 bits per heavy atom. The fourth-order valence-corrected chi connectivity index (χ4v) is 1.98. The van der Waals surface area contributed by atoms with E-state index in [-0.39, 0.29) is 0 Å². The van der Waals surface area contributed by atoms with Gasteiger partial charge in [0.15, 0.2) is 11.5 Å². The third-order valence-corrected chi connectivity index (χ3v) is 3.01. The van der Waals surface area contributed by atoms with Crippen LogP contribution in [-0.4, -0.2) is 14.2 Å². The molecule has 1 aromatic carbocycles. The van der Waals surface area contributed by atoms with Crippen LogP contribution in [0.15, 0.2) is 6.07 Å². The van der Waals surface area contributed by atoms with Gasteiger partial charge >= 0.3 is 0 Å². The Balaban J connectivity index is 3.51. The summed E-state index contributed by atoms with van der Waals surface area (Å²) in [4.78, 5) is 0. The summed E-state index contributed by atoms with van der Waals surface area (Å²) in [6, 6.07) is 1.88. The number of hydrogen-bond acceptors (Lipinski definition) is 3. The molecule has 90 valence electrons. The van der Waals surface area contributed by atoms with E-state index in [0.29, 0.717) is 16.5 Å². The van der Waals surface area contributed by atoms with E-state index < -0.39 is 5.54 Å². The van der Waals surface area contributed by atoms with Gasteiger partial charge in [-0.05, 0) is 38.0 Å². The second-order valence-electron chi connectivity index (χ2n) is 4.32. The van der Waals surface area contributed by atoms with Crippen molar-refractivity contribution in [3.63, 3.8) is 0 Å². The first-order valence-electron chi connectivity index (χ1n) is 5.03. The van der Waals surface area contributed by atoms with Gasteiger partial charge in [0.25, 0.3) is 0 Å². The van der Waals surface area contributed by atoms with E-state index in [1.807, 2.05) is 26.8 Å². The summed E-state index contributed by atoms with van der Waals surface area (Å²) in [5.74, 6) is 1.15. The van der Waals surface area contributed by atoms with Gasteiger partial charge in [-0.3, -0.25) is 0 Å². The van der Waals surface area contributed by atoms with Gasteiger partial charge in [0.1, 0.15) is 0 Å². The Labute approximate surface area is 101 Å². The van der Waals surface area contributed by atoms with Gasteiger partial charge in [-0.2, -0.15) is 0 Å². The third kappa shape index (κ3) is 2.25. The Morgan fingerprint density at radius 2 is 1.81 bits per heavy atom. The summed E-state index contributed by atoms with van der Waals surface area (Å²) >= 11 is 6.23. The lowest BCUT2D eigenvalue weighted by atomic mass is 9.91. The van der Waals surface area contributed by atoms with E-state index in [2.05, 4.69) is 0 Å². The summed E-state index contributed by atoms with van der Waals surface area (Å²) in [5.41, 5.74) is 7.50. The van der Waals surface area contributed by atoms with E-state index in [0.717, 1.165) is 11.1 Å². The summed E-state index contributed by atoms with van der Waals surface area (Å²) in [6.07, 6.45) is 0. The standard InChI is InChI=1S/C12H18ClNO2/c1-7-8(12(2,3)14)6-9(15-4)11(16-5)10(7)13/h6H,14H2,1-5H3. The molecule has 1 aromatic rings. The largest absolute Gasteiger partial charge is 0.493 e. The van der Waals surface area contributed by atoms with Gasteiger partial charge in [0.2, 0.25) is 0 Å². The van der Waals surface area contributed by atoms with Gasteiger partial charge in [0, 0.05) is 5.54 Å². The van der Waals surface area contributed by atoms with Gasteiger partial charge in [-0.1, -0.05) is 11.6 Å². The van der Waals surface area contributed by atoms with Crippen molar-refractivity contribution < 1.29 is 9.47 Å². The lowest BCUT2D eigenvalue weighted by Gasteiger charge is -2.24. The van der Waals surface area contributed by atoms with Crippen LogP contribution < -0.4 is 15.2 Å². The first-order chi connectivity index (χ1) is 7.32. The van der Waals surface area contributed by atoms with E-state index >= 15 is 0 Å². The van der Waals surface area contributed by atoms with E-state index in [1.54, 1.807) is 14.2 Å². The predicted molar refractivity (Wildman–Crippen MR) is 66.5 cm³/mol. The molecule has 0 unspecified atom stereocenters. The van der Waals surface area contributed by atoms with Crippen LogP contribution in [0, 0.1) is 6.92 Å². The summed E-state index contributed by atoms with van der Waals surface area (Å²) in [7, 11) is 3.15. The molecule has 0 saturated carbocycles. The molecule has 16 heavy (non-hydrogen) atoms. The molecule has 0 bridgehead atoms. The molecule has 2 N–H and O–H groups in total. The highest BCUT2D eigenvalue weighted by Gasteiger charge is 2.23. The third-order valence-electron chi connectivity index (χ3n) is 2.55. The molecule has 0 aliphatic rings. The Hall–Kier alpha value is -0.930. The van der Waals surface area contributed by atoms with Crippen molar-refractivity contribution in [1.29, 1.82) is 0 Å². The molecule has 0 atom stereocenters. The molecule has 0 saturated heterocycles. The van der Waals surface area contributed by atoms with Gasteiger partial charge < -0.3 is 15.2 Å². The molecule has 0 aliphatic heterocycles. The van der Waals surface area contributed by atoms with Gasteiger partial charge in [-0.25, -0.2) is 0 Å². The lowest BCUT2D eigenvalue weighted by molar-refractivity contribution is 0.353. The SMILES string of the molecule is COc1cc(C(C)(C)N)c(C)c(Cl)c1OC. The highest BCUT2D eigenvalue weighted by atomic mass is 35.5. The second kappa shape index (κ2) is 4.52. The van der Waals surface area contributed by atoms with Crippen LogP contribution in [0.1, 0.15) is 25.0 Å². The molecule has 0 heterocycles. The quantitative estimate of drug-likeness (QED) is 0.888. The van der Waals surface area contributed by atoms with Crippen molar-refractivity contribution >= 4 is 11.6 Å². The zero-order chi connectivity index (χ0) is 12.5. The normalized spacial score (nSPS) is 11.4. The van der Waals surface area contributed by atoms with Crippen molar-refractivity contribution in [2.75, 3.05) is 14.2 Å². The minimum absolute atomic E-state index is 0.465. The first kappa shape index (κ1) is 13.1. The van der Waals surface area contributed by atoms with Crippen molar-refractivity contribution in [3.05, 3.63) is 22.2 Å². The molecule has 0 amide bonds. The van der Waals surface area contributed by atoms with E-state index in [4.69, 9.17) is 26.8 Å². The number of nitrogens with two attached hydrogens (primary N) is 1. The van der Waals surface area contributed by atoms with Crippen LogP contribution in [-0.2, 0) is 5.54 Å². The zero-order valence-electron chi connectivity index (χ0n) is 10.3. The van der Waals surface area contributed by atoms with Gasteiger partial charge in [0.05, 0.1) is 19.2 Å². The van der Waals surface area contributed by atoms with Crippen LogP contribution in [0.3, 0.4) is 0 Å². The molecule has 0 aromatic heterocycles. The maximum Gasteiger partial charge on any atom is 0.179 e. The Bertz CT molecular complexity index is 397. The Kier molecular flexibility index (Phi) is 3.71. The summed E-state index contributed by atoms with van der Waals surface area (Å²) < 4.78 is 10.5. The molecule has 4 heteroatoms. The number of rotatable bonds is 3. The van der Waals surface area contributed by atoms with Crippen LogP contribution >= 0.6 is 11.6 Å². The Morgan fingerprint density at radius 1 is 1.25 bits per heavy atom. The molecule has 3 nitrogen and oxygen atoms in total. The van der Waals surface area contributed by atoms with E-state index in [1.165, 1.54) is 0 Å². The number of hydrogen-bond donors (Lipinski definition) is 1. The second-order valence-corrected chi connectivity index (χ2v) is 4.70. The summed E-state index contributed by atoms with van der Waals surface area (Å²) in [5, 5.41) is 0.551. The van der Waals surface area contributed by atoms with Crippen LogP contribution in [0.2, 0.25) is 5.02 Å². The number of ether oxygens (including phenoxy) is 2. The topological polar surface area (TPSA) is 44.5 Å². The number of benzene rings is 1. The van der Waals surface area contributed by atoms with Gasteiger partial charge in [-0.15, -0.1) is 0 Å².